The summed E-state index contributed by atoms with van der Waals surface area (Å²) in [6, 6.07) is 15.9. The molecule has 0 spiro atoms. The lowest BCUT2D eigenvalue weighted by Gasteiger charge is -2.13. The number of amides is 3. The van der Waals surface area contributed by atoms with Gasteiger partial charge in [0.15, 0.2) is 18.1 Å². The third-order valence-electron chi connectivity index (χ3n) is 5.51. The van der Waals surface area contributed by atoms with Crippen molar-refractivity contribution in [2.24, 2.45) is 0 Å². The number of hydrogen-bond acceptors (Lipinski definition) is 6. The zero-order chi connectivity index (χ0) is 27.2. The van der Waals surface area contributed by atoms with Crippen molar-refractivity contribution in [2.75, 3.05) is 18.5 Å². The molecule has 0 radical (unpaired) electrons. The summed E-state index contributed by atoms with van der Waals surface area (Å²) >= 11 is 6.94. The van der Waals surface area contributed by atoms with Gasteiger partial charge in [0.2, 0.25) is 0 Å². The van der Waals surface area contributed by atoms with E-state index < -0.39 is 17.0 Å². The van der Waals surface area contributed by atoms with Gasteiger partial charge < -0.3 is 14.8 Å². The van der Waals surface area contributed by atoms with E-state index >= 15 is 0 Å². The van der Waals surface area contributed by atoms with Crippen LogP contribution < -0.4 is 14.8 Å². The van der Waals surface area contributed by atoms with Gasteiger partial charge in [-0.1, -0.05) is 35.9 Å². The molecule has 0 atom stereocenters. The number of halogens is 2. The molecule has 0 aromatic heterocycles. The molecule has 3 amide bonds. The van der Waals surface area contributed by atoms with Crippen molar-refractivity contribution in [3.8, 4) is 11.5 Å². The van der Waals surface area contributed by atoms with E-state index in [2.05, 4.69) is 5.32 Å². The molecule has 38 heavy (non-hydrogen) atoms. The number of imide groups is 1. The number of benzene rings is 3. The van der Waals surface area contributed by atoms with Gasteiger partial charge >= 0.3 is 0 Å². The molecule has 10 heteroatoms. The number of anilines is 1. The number of aryl methyl sites for hydroxylation is 1. The summed E-state index contributed by atoms with van der Waals surface area (Å²) in [7, 11) is 0. The van der Waals surface area contributed by atoms with E-state index in [-0.39, 0.29) is 24.0 Å². The molecule has 1 aliphatic heterocycles. The molecule has 4 rings (SSSR count). The van der Waals surface area contributed by atoms with Crippen LogP contribution in [0.3, 0.4) is 0 Å². The Balaban J connectivity index is 1.43. The van der Waals surface area contributed by atoms with E-state index in [0.717, 1.165) is 22.2 Å². The topological polar surface area (TPSA) is 84.9 Å². The number of hydrogen-bond donors (Lipinski definition) is 1. The minimum Gasteiger partial charge on any atom is -0.490 e. The maximum atomic E-state index is 13.2. The van der Waals surface area contributed by atoms with Gasteiger partial charge in [-0.15, -0.1) is 0 Å². The molecular weight excluding hydrogens is 531 g/mol. The minimum absolute atomic E-state index is 0.0517. The van der Waals surface area contributed by atoms with Crippen LogP contribution in [-0.4, -0.2) is 35.2 Å². The van der Waals surface area contributed by atoms with Crippen molar-refractivity contribution in [3.63, 3.8) is 0 Å². The number of carbonyl (C=O) groups excluding carboxylic acids is 3. The minimum atomic E-state index is -0.435. The molecule has 1 aliphatic rings. The van der Waals surface area contributed by atoms with Gasteiger partial charge in [-0.25, -0.2) is 4.39 Å². The average molecular weight is 555 g/mol. The first-order valence-electron chi connectivity index (χ1n) is 11.7. The second-order valence-corrected chi connectivity index (χ2v) is 9.73. The van der Waals surface area contributed by atoms with E-state index in [1.54, 1.807) is 36.4 Å². The molecule has 0 aliphatic carbocycles. The lowest BCUT2D eigenvalue weighted by molar-refractivity contribution is -0.123. The third-order valence-corrected chi connectivity index (χ3v) is 6.82. The van der Waals surface area contributed by atoms with Crippen LogP contribution in [0.2, 0.25) is 5.02 Å². The van der Waals surface area contributed by atoms with Crippen LogP contribution in [0.5, 0.6) is 11.5 Å². The van der Waals surface area contributed by atoms with Crippen molar-refractivity contribution < 1.29 is 28.2 Å². The van der Waals surface area contributed by atoms with Gasteiger partial charge in [0.1, 0.15) is 5.82 Å². The highest BCUT2D eigenvalue weighted by atomic mass is 35.5. The Kier molecular flexibility index (Phi) is 8.70. The zero-order valence-electron chi connectivity index (χ0n) is 20.6. The average Bonchev–Trinajstić information content (AvgIpc) is 3.14. The van der Waals surface area contributed by atoms with Crippen molar-refractivity contribution in [3.05, 3.63) is 93.1 Å². The fourth-order valence-electron chi connectivity index (χ4n) is 3.57. The van der Waals surface area contributed by atoms with Crippen LogP contribution in [0.4, 0.5) is 14.9 Å². The normalized spacial score (nSPS) is 14.2. The second-order valence-electron chi connectivity index (χ2n) is 8.33. The van der Waals surface area contributed by atoms with Crippen LogP contribution in [-0.2, 0) is 16.1 Å². The van der Waals surface area contributed by atoms with Crippen LogP contribution in [0.15, 0.2) is 65.6 Å². The summed E-state index contributed by atoms with van der Waals surface area (Å²) in [5, 5.41) is 2.87. The Bertz CT molecular complexity index is 1410. The van der Waals surface area contributed by atoms with E-state index in [1.807, 2.05) is 19.9 Å². The molecule has 1 saturated heterocycles. The highest BCUT2D eigenvalue weighted by Gasteiger charge is 2.35. The summed E-state index contributed by atoms with van der Waals surface area (Å²) in [5.41, 5.74) is 2.72. The van der Waals surface area contributed by atoms with Gasteiger partial charge in [-0.3, -0.25) is 19.3 Å². The smallest absolute Gasteiger partial charge is 0.293 e. The largest absolute Gasteiger partial charge is 0.490 e. The van der Waals surface area contributed by atoms with E-state index in [4.69, 9.17) is 21.1 Å². The summed E-state index contributed by atoms with van der Waals surface area (Å²) in [6.07, 6.45) is 1.59. The van der Waals surface area contributed by atoms with Crippen LogP contribution in [0.1, 0.15) is 23.6 Å². The summed E-state index contributed by atoms with van der Waals surface area (Å²) in [6.45, 7) is 3.82. The van der Waals surface area contributed by atoms with Gasteiger partial charge in [0.05, 0.1) is 18.1 Å². The summed E-state index contributed by atoms with van der Waals surface area (Å²) in [4.78, 5) is 39.1. The number of carbonyl (C=O) groups is 3. The van der Waals surface area contributed by atoms with Crippen molar-refractivity contribution in [1.82, 2.24) is 4.90 Å². The SMILES string of the molecule is CCOc1cc(/C=C2\SC(=O)N(Cc3ccc(F)cc3)C2=O)ccc1OCC(=O)Nc1ccc(C)c(Cl)c1. The Morgan fingerprint density at radius 3 is 2.53 bits per heavy atom. The van der Waals surface area contributed by atoms with E-state index in [0.29, 0.717) is 39.9 Å². The number of thioether (sulfide) groups is 1. The van der Waals surface area contributed by atoms with Gasteiger partial charge in [0.25, 0.3) is 17.1 Å². The van der Waals surface area contributed by atoms with Gasteiger partial charge in [-0.2, -0.15) is 0 Å². The third kappa shape index (κ3) is 6.73. The molecule has 1 heterocycles. The number of rotatable bonds is 9. The Morgan fingerprint density at radius 1 is 1.05 bits per heavy atom. The van der Waals surface area contributed by atoms with Crippen LogP contribution in [0.25, 0.3) is 6.08 Å². The fraction of sp³-hybridized carbons (Fsp3) is 0.179. The van der Waals surface area contributed by atoms with Crippen molar-refractivity contribution in [1.29, 1.82) is 0 Å². The van der Waals surface area contributed by atoms with E-state index in [1.165, 1.54) is 24.3 Å². The fourth-order valence-corrected chi connectivity index (χ4v) is 4.59. The first kappa shape index (κ1) is 27.2. The predicted molar refractivity (Wildman–Crippen MR) is 146 cm³/mol. The molecule has 0 unspecified atom stereocenters. The van der Waals surface area contributed by atoms with Crippen LogP contribution >= 0.6 is 23.4 Å². The second kappa shape index (κ2) is 12.1. The molecule has 0 bridgehead atoms. The van der Waals surface area contributed by atoms with Crippen LogP contribution in [0, 0.1) is 12.7 Å². The predicted octanol–water partition coefficient (Wildman–Crippen LogP) is 6.44. The molecule has 1 N–H and O–H groups in total. The Labute approximate surface area is 228 Å². The zero-order valence-corrected chi connectivity index (χ0v) is 22.2. The molecule has 3 aromatic carbocycles. The molecule has 0 saturated carbocycles. The van der Waals surface area contributed by atoms with Crippen molar-refractivity contribution >= 4 is 52.2 Å². The summed E-state index contributed by atoms with van der Waals surface area (Å²) < 4.78 is 24.5. The molecular formula is C28H24ClFN2O5S. The molecule has 1 fully saturated rings. The maximum Gasteiger partial charge on any atom is 0.293 e. The van der Waals surface area contributed by atoms with Crippen molar-refractivity contribution in [2.45, 2.75) is 20.4 Å². The molecule has 196 valence electrons. The first-order chi connectivity index (χ1) is 18.2. The quantitative estimate of drug-likeness (QED) is 0.306. The first-order valence-corrected chi connectivity index (χ1v) is 12.9. The number of nitrogens with one attached hydrogen (secondary N) is 1. The molecule has 3 aromatic rings. The van der Waals surface area contributed by atoms with E-state index in [9.17, 15) is 18.8 Å². The monoisotopic (exact) mass is 554 g/mol. The number of nitrogens with zero attached hydrogens (tertiary/aromatic N) is 1. The lowest BCUT2D eigenvalue weighted by atomic mass is 10.1. The van der Waals surface area contributed by atoms with Gasteiger partial charge in [0, 0.05) is 10.7 Å². The lowest BCUT2D eigenvalue weighted by Crippen LogP contribution is -2.27. The standard InChI is InChI=1S/C28H24ClFN2O5S/c1-3-36-24-12-19(7-11-23(24)37-16-26(33)31-21-10-4-17(2)22(29)14-21)13-25-27(34)32(28(35)38-25)15-18-5-8-20(30)9-6-18/h4-14H,3,15-16H2,1-2H3,(H,31,33)/b25-13-. The summed E-state index contributed by atoms with van der Waals surface area (Å²) in [5.74, 6) is -0.456. The Morgan fingerprint density at radius 2 is 1.82 bits per heavy atom. The Hall–Kier alpha value is -3.82. The number of ether oxygens (including phenoxy) is 2. The molecule has 7 nitrogen and oxygen atoms in total. The highest BCUT2D eigenvalue weighted by molar-refractivity contribution is 8.18. The van der Waals surface area contributed by atoms with Gasteiger partial charge in [-0.05, 0) is 84.8 Å². The maximum absolute atomic E-state index is 13.2. The highest BCUT2D eigenvalue weighted by Crippen LogP contribution is 2.35.